The van der Waals surface area contributed by atoms with Crippen LogP contribution in [0, 0.1) is 11.3 Å². The maximum absolute atomic E-state index is 13.4. The van der Waals surface area contributed by atoms with E-state index in [1.165, 1.54) is 6.26 Å². The van der Waals surface area contributed by atoms with Crippen LogP contribution >= 0.6 is 0 Å². The van der Waals surface area contributed by atoms with Crippen LogP contribution < -0.4 is 5.43 Å². The molecule has 156 valence electrons. The maximum atomic E-state index is 13.4. The van der Waals surface area contributed by atoms with Gasteiger partial charge in [0.2, 0.25) is 0 Å². The summed E-state index contributed by atoms with van der Waals surface area (Å²) in [7, 11) is 0. The molecule has 1 aromatic carbocycles. The third-order valence-electron chi connectivity index (χ3n) is 5.88. The first-order valence-electron chi connectivity index (χ1n) is 10.2. The van der Waals surface area contributed by atoms with E-state index in [2.05, 4.69) is 4.99 Å². The molecule has 0 N–H and O–H groups in total. The van der Waals surface area contributed by atoms with Gasteiger partial charge in [-0.2, -0.15) is 0 Å². The SMILES string of the molecule is CCOC(=O)C1C(C)=NC2=C(C(=O)CC(C)(C)C2)[C@@H]1c1coc2ccccc2c1=O. The van der Waals surface area contributed by atoms with E-state index < -0.39 is 17.8 Å². The highest BCUT2D eigenvalue weighted by molar-refractivity contribution is 6.09. The van der Waals surface area contributed by atoms with Crippen molar-refractivity contribution in [3.8, 4) is 0 Å². The van der Waals surface area contributed by atoms with Crippen LogP contribution in [-0.4, -0.2) is 24.1 Å². The molecule has 0 amide bonds. The molecule has 30 heavy (non-hydrogen) atoms. The molecule has 4 rings (SSSR count). The van der Waals surface area contributed by atoms with Gasteiger partial charge in [0.1, 0.15) is 11.5 Å². The molecule has 2 aromatic rings. The fourth-order valence-corrected chi connectivity index (χ4v) is 4.63. The number of rotatable bonds is 3. The second-order valence-corrected chi connectivity index (χ2v) is 8.78. The summed E-state index contributed by atoms with van der Waals surface area (Å²) >= 11 is 0. The number of para-hydroxylation sites is 1. The minimum atomic E-state index is -0.835. The first kappa shape index (κ1) is 20.3. The molecule has 2 heterocycles. The van der Waals surface area contributed by atoms with Crippen LogP contribution in [0.3, 0.4) is 0 Å². The van der Waals surface area contributed by atoms with Gasteiger partial charge in [-0.05, 0) is 37.8 Å². The number of carbonyl (C=O) groups excluding carboxylic acids is 2. The maximum Gasteiger partial charge on any atom is 0.315 e. The number of aliphatic imine (C=N–C) groups is 1. The van der Waals surface area contributed by atoms with E-state index >= 15 is 0 Å². The Morgan fingerprint density at radius 1 is 1.23 bits per heavy atom. The third-order valence-corrected chi connectivity index (χ3v) is 5.88. The predicted octanol–water partition coefficient (Wildman–Crippen LogP) is 4.17. The lowest BCUT2D eigenvalue weighted by atomic mass is 9.67. The minimum Gasteiger partial charge on any atom is -0.465 e. The summed E-state index contributed by atoms with van der Waals surface area (Å²) in [5, 5.41) is 0.420. The molecule has 0 spiro atoms. The first-order chi connectivity index (χ1) is 14.2. The van der Waals surface area contributed by atoms with Gasteiger partial charge in [0.15, 0.2) is 11.2 Å². The van der Waals surface area contributed by atoms with E-state index in [0.717, 1.165) is 0 Å². The first-order valence-corrected chi connectivity index (χ1v) is 10.2. The summed E-state index contributed by atoms with van der Waals surface area (Å²) in [6.07, 6.45) is 2.33. The Balaban J connectivity index is 1.97. The number of nitrogens with zero attached hydrogens (tertiary/aromatic N) is 1. The molecule has 6 heteroatoms. The second kappa shape index (κ2) is 7.35. The van der Waals surface area contributed by atoms with Crippen LogP contribution in [0.1, 0.15) is 52.0 Å². The quantitative estimate of drug-likeness (QED) is 0.713. The van der Waals surface area contributed by atoms with Crippen molar-refractivity contribution in [2.75, 3.05) is 6.61 Å². The topological polar surface area (TPSA) is 85.9 Å². The van der Waals surface area contributed by atoms with Crippen molar-refractivity contribution in [2.24, 2.45) is 16.3 Å². The van der Waals surface area contributed by atoms with E-state index in [1.807, 2.05) is 13.8 Å². The van der Waals surface area contributed by atoms with E-state index in [1.54, 1.807) is 38.1 Å². The van der Waals surface area contributed by atoms with Crippen molar-refractivity contribution in [3.63, 3.8) is 0 Å². The summed E-state index contributed by atoms with van der Waals surface area (Å²) in [6.45, 7) is 7.74. The Morgan fingerprint density at radius 3 is 2.70 bits per heavy atom. The molecular weight excluding hydrogens is 382 g/mol. The van der Waals surface area contributed by atoms with Gasteiger partial charge in [-0.25, -0.2) is 0 Å². The van der Waals surface area contributed by atoms with E-state index in [-0.39, 0.29) is 23.2 Å². The molecule has 0 saturated carbocycles. The van der Waals surface area contributed by atoms with Gasteiger partial charge in [0, 0.05) is 34.9 Å². The van der Waals surface area contributed by atoms with Crippen molar-refractivity contribution in [2.45, 2.75) is 46.5 Å². The van der Waals surface area contributed by atoms with Crippen molar-refractivity contribution >= 4 is 28.4 Å². The number of hydrogen-bond donors (Lipinski definition) is 0. The number of hydrogen-bond acceptors (Lipinski definition) is 6. The number of fused-ring (bicyclic) bond motifs is 1. The van der Waals surface area contributed by atoms with Gasteiger partial charge in [-0.3, -0.25) is 19.4 Å². The monoisotopic (exact) mass is 407 g/mol. The number of ketones is 1. The Labute approximate surface area is 174 Å². The Bertz CT molecular complexity index is 1170. The van der Waals surface area contributed by atoms with Crippen LogP contribution in [0.2, 0.25) is 0 Å². The standard InChI is InChI=1S/C24H25NO5/c1-5-29-23(28)19-13(2)25-16-10-24(3,4)11-17(26)21(16)20(19)15-12-30-18-9-7-6-8-14(18)22(15)27/h6-9,12,19-20H,5,10-11H2,1-4H3/t19?,20-/m1/s1. The average Bonchev–Trinajstić information content (AvgIpc) is 2.66. The van der Waals surface area contributed by atoms with Gasteiger partial charge in [-0.1, -0.05) is 26.0 Å². The van der Waals surface area contributed by atoms with Crippen LogP contribution in [0.25, 0.3) is 11.0 Å². The average molecular weight is 407 g/mol. The summed E-state index contributed by atoms with van der Waals surface area (Å²) in [5.41, 5.74) is 1.94. The fraction of sp³-hybridized carbons (Fsp3) is 0.417. The molecule has 0 saturated heterocycles. The molecule has 6 nitrogen and oxygen atoms in total. The smallest absolute Gasteiger partial charge is 0.315 e. The number of ether oxygens (including phenoxy) is 1. The number of Topliss-reactive ketones (excluding diaryl/α,β-unsaturated/α-hetero) is 1. The zero-order valence-corrected chi connectivity index (χ0v) is 17.7. The van der Waals surface area contributed by atoms with E-state index in [0.29, 0.717) is 46.4 Å². The third kappa shape index (κ3) is 3.30. The van der Waals surface area contributed by atoms with Gasteiger partial charge in [-0.15, -0.1) is 0 Å². The molecule has 1 aliphatic heterocycles. The molecular formula is C24H25NO5. The highest BCUT2D eigenvalue weighted by Crippen LogP contribution is 2.47. The molecule has 1 unspecified atom stereocenters. The summed E-state index contributed by atoms with van der Waals surface area (Å²) in [5.74, 6) is -2.16. The lowest BCUT2D eigenvalue weighted by Crippen LogP contribution is -2.41. The van der Waals surface area contributed by atoms with Crippen molar-refractivity contribution in [3.05, 3.63) is 57.6 Å². The van der Waals surface area contributed by atoms with Gasteiger partial charge < -0.3 is 9.15 Å². The lowest BCUT2D eigenvalue weighted by molar-refractivity contribution is -0.146. The van der Waals surface area contributed by atoms with E-state index in [9.17, 15) is 14.4 Å². The molecule has 0 fully saturated rings. The zero-order chi connectivity index (χ0) is 21.6. The number of esters is 1. The number of benzene rings is 1. The molecule has 2 aliphatic rings. The highest BCUT2D eigenvalue weighted by atomic mass is 16.5. The largest absolute Gasteiger partial charge is 0.465 e. The molecule has 0 bridgehead atoms. The number of allylic oxidation sites excluding steroid dienone is 2. The second-order valence-electron chi connectivity index (χ2n) is 8.78. The summed E-state index contributed by atoms with van der Waals surface area (Å²) in [6, 6.07) is 6.96. The molecule has 1 aliphatic carbocycles. The normalized spacial score (nSPS) is 23.2. The fourth-order valence-electron chi connectivity index (χ4n) is 4.63. The molecule has 1 aromatic heterocycles. The van der Waals surface area contributed by atoms with Gasteiger partial charge >= 0.3 is 5.97 Å². The lowest BCUT2D eigenvalue weighted by Gasteiger charge is -2.38. The number of carbonyl (C=O) groups is 2. The van der Waals surface area contributed by atoms with Crippen LogP contribution in [0.15, 0.2) is 56.0 Å². The molecule has 0 radical (unpaired) electrons. The van der Waals surface area contributed by atoms with Crippen LogP contribution in [0.4, 0.5) is 0 Å². The van der Waals surface area contributed by atoms with Crippen molar-refractivity contribution in [1.82, 2.24) is 0 Å². The van der Waals surface area contributed by atoms with Gasteiger partial charge in [0.25, 0.3) is 0 Å². The Hall–Kier alpha value is -3.02. The van der Waals surface area contributed by atoms with E-state index in [4.69, 9.17) is 9.15 Å². The Morgan fingerprint density at radius 2 is 1.97 bits per heavy atom. The Kier molecular flexibility index (Phi) is 4.96. The minimum absolute atomic E-state index is 0.0793. The highest BCUT2D eigenvalue weighted by Gasteiger charge is 2.47. The van der Waals surface area contributed by atoms with Crippen LogP contribution in [-0.2, 0) is 14.3 Å². The molecule has 2 atom stereocenters. The van der Waals surface area contributed by atoms with Gasteiger partial charge in [0.05, 0.1) is 18.3 Å². The predicted molar refractivity (Wildman–Crippen MR) is 114 cm³/mol. The summed E-state index contributed by atoms with van der Waals surface area (Å²) < 4.78 is 11.0. The van der Waals surface area contributed by atoms with Crippen LogP contribution in [0.5, 0.6) is 0 Å². The summed E-state index contributed by atoms with van der Waals surface area (Å²) in [4.78, 5) is 44.2. The van der Waals surface area contributed by atoms with Crippen molar-refractivity contribution in [1.29, 1.82) is 0 Å². The van der Waals surface area contributed by atoms with Crippen molar-refractivity contribution < 1.29 is 18.7 Å². The zero-order valence-electron chi connectivity index (χ0n) is 17.7.